The fraction of sp³-hybridized carbons (Fsp3) is 0.400. The summed E-state index contributed by atoms with van der Waals surface area (Å²) >= 11 is 1.51. The fourth-order valence-corrected chi connectivity index (χ4v) is 4.42. The predicted octanol–water partition coefficient (Wildman–Crippen LogP) is 4.96. The van der Waals surface area contributed by atoms with Crippen molar-refractivity contribution in [3.8, 4) is 18.4 Å². The molecule has 0 heterocycles. The van der Waals surface area contributed by atoms with Gasteiger partial charge in [-0.3, -0.25) is 9.59 Å². The van der Waals surface area contributed by atoms with Crippen LogP contribution in [0.5, 0.6) is 0 Å². The number of carbonyl (C=O) groups excluding carboxylic acids is 3. The van der Waals surface area contributed by atoms with E-state index in [0.29, 0.717) is 22.6 Å². The highest BCUT2D eigenvalue weighted by atomic mass is 32.2. The van der Waals surface area contributed by atoms with Gasteiger partial charge >= 0.3 is 6.09 Å². The summed E-state index contributed by atoms with van der Waals surface area (Å²) in [7, 11) is 0. The van der Waals surface area contributed by atoms with Gasteiger partial charge in [0.05, 0.1) is 6.07 Å². The first-order valence-electron chi connectivity index (χ1n) is 12.5. The maximum Gasteiger partial charge on any atom is 0.408 e. The number of terminal acetylenes is 1. The van der Waals surface area contributed by atoms with Gasteiger partial charge in [-0.05, 0) is 81.9 Å². The number of amides is 3. The normalized spacial score (nSPS) is 12.3. The second-order valence-electron chi connectivity index (χ2n) is 10.0. The van der Waals surface area contributed by atoms with Crippen LogP contribution in [-0.4, -0.2) is 53.0 Å². The molecule has 0 spiro atoms. The van der Waals surface area contributed by atoms with Crippen LogP contribution in [-0.2, 0) is 14.3 Å². The Morgan fingerprint density at radius 1 is 1.10 bits per heavy atom. The van der Waals surface area contributed by atoms with Gasteiger partial charge in [-0.15, -0.1) is 6.42 Å². The predicted molar refractivity (Wildman–Crippen MR) is 155 cm³/mol. The highest BCUT2D eigenvalue weighted by Gasteiger charge is 2.36. The number of aryl methyl sites for hydroxylation is 2. The lowest BCUT2D eigenvalue weighted by Crippen LogP contribution is -2.52. The number of nitrogens with zero attached hydrogens (tertiary/aromatic N) is 2. The fourth-order valence-electron chi connectivity index (χ4n) is 3.95. The number of hydrogen-bond donors (Lipinski definition) is 2. The van der Waals surface area contributed by atoms with Crippen LogP contribution < -0.4 is 10.6 Å². The van der Waals surface area contributed by atoms with E-state index >= 15 is 0 Å². The van der Waals surface area contributed by atoms with Crippen LogP contribution in [0.2, 0.25) is 0 Å². The number of rotatable bonds is 10. The number of nitriles is 1. The third-order valence-electron chi connectivity index (χ3n) is 5.81. The molecule has 3 amide bonds. The van der Waals surface area contributed by atoms with Gasteiger partial charge in [0.2, 0.25) is 5.91 Å². The molecular formula is C30H36N4O4S. The number of alkyl carbamates (subject to hydrolysis) is 1. The lowest BCUT2D eigenvalue weighted by Gasteiger charge is -2.33. The molecule has 8 nitrogen and oxygen atoms in total. The average Bonchev–Trinajstić information content (AvgIpc) is 2.87. The average molecular weight is 549 g/mol. The molecule has 0 fully saturated rings. The maximum atomic E-state index is 14.0. The summed E-state index contributed by atoms with van der Waals surface area (Å²) in [5.74, 6) is 2.03. The van der Waals surface area contributed by atoms with E-state index in [1.807, 2.05) is 44.4 Å². The van der Waals surface area contributed by atoms with Crippen LogP contribution in [0.4, 0.5) is 10.5 Å². The van der Waals surface area contributed by atoms with E-state index in [9.17, 15) is 19.6 Å². The summed E-state index contributed by atoms with van der Waals surface area (Å²) in [4.78, 5) is 41.6. The Balaban J connectivity index is 2.55. The van der Waals surface area contributed by atoms with Crippen LogP contribution in [0.25, 0.3) is 0 Å². The minimum absolute atomic E-state index is 0.280. The Hall–Kier alpha value is -3.95. The minimum atomic E-state index is -1.17. The summed E-state index contributed by atoms with van der Waals surface area (Å²) in [6.45, 7) is 8.54. The molecule has 0 aliphatic carbocycles. The summed E-state index contributed by atoms with van der Waals surface area (Å²) in [5, 5.41) is 15.3. The van der Waals surface area contributed by atoms with Crippen molar-refractivity contribution in [2.45, 2.75) is 58.7 Å². The topological polar surface area (TPSA) is 112 Å². The molecule has 39 heavy (non-hydrogen) atoms. The number of thioether (sulfide) groups is 1. The Kier molecular flexibility index (Phi) is 11.4. The maximum absolute atomic E-state index is 14.0. The summed E-state index contributed by atoms with van der Waals surface area (Å²) in [6.07, 6.45) is 6.92. The molecule has 2 aromatic carbocycles. The zero-order chi connectivity index (χ0) is 29.2. The van der Waals surface area contributed by atoms with Crippen molar-refractivity contribution in [1.82, 2.24) is 10.2 Å². The van der Waals surface area contributed by atoms with E-state index in [1.165, 1.54) is 16.7 Å². The second-order valence-corrected chi connectivity index (χ2v) is 11.0. The van der Waals surface area contributed by atoms with Crippen LogP contribution in [0.3, 0.4) is 0 Å². The van der Waals surface area contributed by atoms with E-state index in [-0.39, 0.29) is 13.0 Å². The Morgan fingerprint density at radius 2 is 1.72 bits per heavy atom. The molecular weight excluding hydrogens is 512 g/mol. The number of benzene rings is 2. The highest BCUT2D eigenvalue weighted by Crippen LogP contribution is 2.27. The molecule has 0 aliphatic heterocycles. The van der Waals surface area contributed by atoms with Crippen molar-refractivity contribution in [1.29, 1.82) is 5.26 Å². The van der Waals surface area contributed by atoms with Gasteiger partial charge in [-0.25, -0.2) is 4.79 Å². The van der Waals surface area contributed by atoms with Gasteiger partial charge in [-0.1, -0.05) is 36.3 Å². The second kappa shape index (κ2) is 14.3. The Morgan fingerprint density at radius 3 is 2.23 bits per heavy atom. The number of para-hydroxylation sites is 1. The third-order valence-corrected chi connectivity index (χ3v) is 6.45. The SMILES string of the molecule is C#Cc1ccc(C(C(=O)Nc2c(C)cccc2C)N(CC#N)C(=O)C(CCSC)NC(=O)OC(C)(C)C)cc1. The molecule has 2 aromatic rings. The highest BCUT2D eigenvalue weighted by molar-refractivity contribution is 7.98. The van der Waals surface area contributed by atoms with E-state index in [0.717, 1.165) is 11.1 Å². The van der Waals surface area contributed by atoms with Crippen molar-refractivity contribution < 1.29 is 19.1 Å². The number of carbonyl (C=O) groups is 3. The smallest absolute Gasteiger partial charge is 0.408 e. The first-order chi connectivity index (χ1) is 18.4. The quantitative estimate of drug-likeness (QED) is 0.321. The number of nitrogens with one attached hydrogen (secondary N) is 2. The van der Waals surface area contributed by atoms with E-state index in [2.05, 4.69) is 16.6 Å². The van der Waals surface area contributed by atoms with Crippen LogP contribution >= 0.6 is 11.8 Å². The van der Waals surface area contributed by atoms with Crippen molar-refractivity contribution >= 4 is 35.4 Å². The summed E-state index contributed by atoms with van der Waals surface area (Å²) in [6, 6.07) is 12.2. The van der Waals surface area contributed by atoms with E-state index in [1.54, 1.807) is 45.0 Å². The van der Waals surface area contributed by atoms with Crippen molar-refractivity contribution in [2.75, 3.05) is 23.9 Å². The lowest BCUT2D eigenvalue weighted by molar-refractivity contribution is -0.140. The van der Waals surface area contributed by atoms with Crippen molar-refractivity contribution in [3.05, 3.63) is 64.7 Å². The van der Waals surface area contributed by atoms with Gasteiger partial charge in [0, 0.05) is 11.3 Å². The molecule has 9 heteroatoms. The summed E-state index contributed by atoms with van der Waals surface area (Å²) < 4.78 is 5.37. The van der Waals surface area contributed by atoms with Crippen LogP contribution in [0.15, 0.2) is 42.5 Å². The van der Waals surface area contributed by atoms with Crippen molar-refractivity contribution in [2.24, 2.45) is 0 Å². The molecule has 0 aromatic heterocycles. The first kappa shape index (κ1) is 31.3. The van der Waals surface area contributed by atoms with Crippen LogP contribution in [0.1, 0.15) is 55.5 Å². The zero-order valence-electron chi connectivity index (χ0n) is 23.3. The third kappa shape index (κ3) is 9.08. The first-order valence-corrected chi connectivity index (χ1v) is 13.9. The lowest BCUT2D eigenvalue weighted by atomic mass is 10.00. The van der Waals surface area contributed by atoms with E-state index in [4.69, 9.17) is 11.2 Å². The van der Waals surface area contributed by atoms with Crippen molar-refractivity contribution in [3.63, 3.8) is 0 Å². The van der Waals surface area contributed by atoms with Gasteiger partial charge in [0.15, 0.2) is 0 Å². The largest absolute Gasteiger partial charge is 0.444 e. The molecule has 0 saturated heterocycles. The molecule has 0 saturated carbocycles. The molecule has 2 N–H and O–H groups in total. The number of anilines is 1. The Bertz CT molecular complexity index is 1240. The molecule has 0 bridgehead atoms. The zero-order valence-corrected chi connectivity index (χ0v) is 24.1. The number of hydrogen-bond acceptors (Lipinski definition) is 6. The van der Waals surface area contributed by atoms with Crippen LogP contribution in [0, 0.1) is 37.5 Å². The molecule has 2 rings (SSSR count). The molecule has 0 radical (unpaired) electrons. The van der Waals surface area contributed by atoms with Gasteiger partial charge in [0.1, 0.15) is 24.2 Å². The minimum Gasteiger partial charge on any atom is -0.444 e. The Labute approximate surface area is 235 Å². The van der Waals surface area contributed by atoms with Gasteiger partial charge in [-0.2, -0.15) is 17.0 Å². The van der Waals surface area contributed by atoms with Gasteiger partial charge in [0.25, 0.3) is 5.91 Å². The molecule has 206 valence electrons. The molecule has 2 unspecified atom stereocenters. The van der Waals surface area contributed by atoms with E-state index < -0.39 is 35.6 Å². The van der Waals surface area contributed by atoms with Gasteiger partial charge < -0.3 is 20.3 Å². The molecule has 2 atom stereocenters. The molecule has 0 aliphatic rings. The standard InChI is InChI=1S/C30H36N4O4S/c1-8-22-12-14-23(15-13-22)26(27(35)33-25-20(2)10-9-11-21(25)3)34(18-17-31)28(36)24(16-19-39-7)32-29(37)38-30(4,5)6/h1,9-15,24,26H,16,18-19H2,2-7H3,(H,32,37)(H,33,35). The summed E-state index contributed by atoms with van der Waals surface area (Å²) in [5.41, 5.74) is 2.65. The monoisotopic (exact) mass is 548 g/mol. The number of ether oxygens (including phenoxy) is 1.